The van der Waals surface area contributed by atoms with E-state index in [0.29, 0.717) is 45.9 Å². The monoisotopic (exact) mass is 608 g/mol. The summed E-state index contributed by atoms with van der Waals surface area (Å²) in [6, 6.07) is 20.1. The quantitative estimate of drug-likeness (QED) is 0.150. The Balaban J connectivity index is 0.00000405. The Morgan fingerprint density at radius 3 is 2.69 bits per heavy atom. The summed E-state index contributed by atoms with van der Waals surface area (Å²) < 4.78 is 47.9. The number of rotatable bonds is 11. The molecule has 3 aromatic carbocycles. The predicted molar refractivity (Wildman–Crippen MR) is 165 cm³/mol. The standard InChI is InChI=1S/C30H26ClFN4O4S.CH4/c1-2-12-33-26(17-41(37)38)29-11-10-27(40-29)20-6-8-25-23(14-20)30(35-18-34-25)36-22-7-9-28(24(31)15-22)39-16-19-4-3-5-21(32)13-19;/h3-11,13-15,17-18,26,33H,2,12,16H2,1H3,(H,34,35,36);1H4. The zero-order valence-electron chi connectivity index (χ0n) is 22.0. The van der Waals surface area contributed by atoms with Gasteiger partial charge in [-0.05, 0) is 79.2 Å². The predicted octanol–water partition coefficient (Wildman–Crippen LogP) is 7.36. The van der Waals surface area contributed by atoms with Gasteiger partial charge in [-0.2, -0.15) is 8.42 Å². The van der Waals surface area contributed by atoms with Gasteiger partial charge in [0.2, 0.25) is 10.3 Å². The number of halogens is 2. The minimum atomic E-state index is -2.34. The average Bonchev–Trinajstić information content (AvgIpc) is 3.45. The molecule has 1 unspecified atom stereocenters. The molecule has 0 saturated heterocycles. The van der Waals surface area contributed by atoms with Crippen molar-refractivity contribution >= 4 is 49.7 Å². The highest BCUT2D eigenvalue weighted by Crippen LogP contribution is 2.33. The van der Waals surface area contributed by atoms with Crippen molar-refractivity contribution in [3.8, 4) is 17.1 Å². The van der Waals surface area contributed by atoms with Crippen LogP contribution in [0.4, 0.5) is 15.9 Å². The third-order valence-electron chi connectivity index (χ3n) is 6.19. The number of fused-ring (bicyclic) bond motifs is 1. The molecule has 0 saturated carbocycles. The van der Waals surface area contributed by atoms with Crippen LogP contribution in [0.3, 0.4) is 0 Å². The molecule has 5 aromatic rings. The minimum absolute atomic E-state index is 0. The van der Waals surface area contributed by atoms with Crippen LogP contribution < -0.4 is 15.4 Å². The van der Waals surface area contributed by atoms with E-state index in [-0.39, 0.29) is 19.9 Å². The summed E-state index contributed by atoms with van der Waals surface area (Å²) in [6.45, 7) is 2.82. The van der Waals surface area contributed by atoms with E-state index in [1.807, 2.05) is 31.2 Å². The van der Waals surface area contributed by atoms with Gasteiger partial charge in [0, 0.05) is 16.6 Å². The number of nitrogens with one attached hydrogen (secondary N) is 2. The topological polar surface area (TPSA) is 106 Å². The molecule has 0 spiro atoms. The summed E-state index contributed by atoms with van der Waals surface area (Å²) >= 11 is 6.48. The van der Waals surface area contributed by atoms with Crippen molar-refractivity contribution in [2.75, 3.05) is 11.9 Å². The third-order valence-corrected chi connectivity index (χ3v) is 6.98. The van der Waals surface area contributed by atoms with Crippen molar-refractivity contribution in [3.63, 3.8) is 0 Å². The second kappa shape index (κ2) is 14.1. The lowest BCUT2D eigenvalue weighted by Crippen LogP contribution is -2.23. The van der Waals surface area contributed by atoms with Crippen molar-refractivity contribution in [2.45, 2.75) is 33.4 Å². The van der Waals surface area contributed by atoms with Crippen LogP contribution in [0.1, 0.15) is 38.1 Å². The molecule has 2 heterocycles. The van der Waals surface area contributed by atoms with E-state index in [1.165, 1.54) is 23.8 Å². The van der Waals surface area contributed by atoms with E-state index in [2.05, 4.69) is 20.6 Å². The number of ether oxygens (including phenoxy) is 1. The largest absolute Gasteiger partial charge is 0.487 e. The Labute approximate surface area is 250 Å². The highest BCUT2D eigenvalue weighted by Gasteiger charge is 2.16. The molecule has 1 atom stereocenters. The molecule has 11 heteroatoms. The van der Waals surface area contributed by atoms with Crippen LogP contribution in [0.25, 0.3) is 22.2 Å². The molecule has 0 aliphatic heterocycles. The van der Waals surface area contributed by atoms with Gasteiger partial charge in [0.15, 0.2) is 0 Å². The maximum absolute atomic E-state index is 13.4. The Kier molecular flexibility index (Phi) is 10.3. The Morgan fingerprint density at radius 2 is 1.93 bits per heavy atom. The van der Waals surface area contributed by atoms with E-state index in [4.69, 9.17) is 20.8 Å². The van der Waals surface area contributed by atoms with Crippen molar-refractivity contribution in [3.05, 3.63) is 101 Å². The van der Waals surface area contributed by atoms with Crippen LogP contribution in [0, 0.1) is 5.82 Å². The first kappa shape index (κ1) is 30.7. The Morgan fingerprint density at radius 1 is 1.07 bits per heavy atom. The molecule has 0 fully saturated rings. The van der Waals surface area contributed by atoms with E-state index < -0.39 is 16.3 Å². The van der Waals surface area contributed by atoms with Crippen LogP contribution in [-0.4, -0.2) is 30.3 Å². The Bertz CT molecular complexity index is 1820. The van der Waals surface area contributed by atoms with Crippen LogP contribution >= 0.6 is 11.6 Å². The molecule has 5 rings (SSSR count). The molecular formula is C31H30ClFN4O4S. The lowest BCUT2D eigenvalue weighted by Gasteiger charge is -2.12. The molecule has 218 valence electrons. The lowest BCUT2D eigenvalue weighted by atomic mass is 10.1. The van der Waals surface area contributed by atoms with Crippen molar-refractivity contribution in [1.29, 1.82) is 0 Å². The van der Waals surface area contributed by atoms with Crippen LogP contribution in [-0.2, 0) is 16.9 Å². The zero-order chi connectivity index (χ0) is 28.8. The average molecular weight is 609 g/mol. The fourth-order valence-corrected chi connectivity index (χ4v) is 4.92. The number of nitrogens with zero attached hydrogens (tertiary/aromatic N) is 2. The maximum Gasteiger partial charge on any atom is 0.212 e. The van der Waals surface area contributed by atoms with E-state index in [1.54, 1.807) is 36.4 Å². The Hall–Kier alpha value is -4.25. The summed E-state index contributed by atoms with van der Waals surface area (Å²) in [5, 5.41) is 8.77. The van der Waals surface area contributed by atoms with Gasteiger partial charge in [-0.15, -0.1) is 0 Å². The number of anilines is 2. The van der Waals surface area contributed by atoms with Gasteiger partial charge in [0.1, 0.15) is 41.8 Å². The van der Waals surface area contributed by atoms with Gasteiger partial charge in [0.25, 0.3) is 0 Å². The molecular weight excluding hydrogens is 579 g/mol. The SMILES string of the molecule is C.CCCNC(C=S(=O)=O)c1ccc(-c2ccc3ncnc(Nc4ccc(OCc5cccc(F)c5)c(Cl)c4)c3c2)o1. The molecule has 0 bridgehead atoms. The summed E-state index contributed by atoms with van der Waals surface area (Å²) in [6.07, 6.45) is 2.32. The first-order valence-corrected chi connectivity index (χ1v) is 14.4. The molecule has 0 amide bonds. The second-order valence-electron chi connectivity index (χ2n) is 9.17. The maximum atomic E-state index is 13.4. The first-order chi connectivity index (χ1) is 19.9. The highest BCUT2D eigenvalue weighted by molar-refractivity contribution is 7.71. The van der Waals surface area contributed by atoms with Crippen molar-refractivity contribution in [1.82, 2.24) is 15.3 Å². The fraction of sp³-hybridized carbons (Fsp3) is 0.194. The molecule has 2 N–H and O–H groups in total. The summed E-state index contributed by atoms with van der Waals surface area (Å²) in [7, 11) is -2.34. The van der Waals surface area contributed by atoms with Gasteiger partial charge in [-0.3, -0.25) is 0 Å². The molecule has 0 radical (unpaired) electrons. The number of furan rings is 1. The van der Waals surface area contributed by atoms with Gasteiger partial charge in [-0.1, -0.05) is 38.1 Å². The smallest absolute Gasteiger partial charge is 0.212 e. The van der Waals surface area contributed by atoms with Gasteiger partial charge in [-0.25, -0.2) is 14.4 Å². The normalized spacial score (nSPS) is 11.5. The van der Waals surface area contributed by atoms with Crippen LogP contribution in [0.2, 0.25) is 5.02 Å². The minimum Gasteiger partial charge on any atom is -0.487 e. The summed E-state index contributed by atoms with van der Waals surface area (Å²) in [5.41, 5.74) is 2.88. The summed E-state index contributed by atoms with van der Waals surface area (Å²) in [5.74, 6) is 1.77. The van der Waals surface area contributed by atoms with E-state index in [0.717, 1.165) is 22.9 Å². The van der Waals surface area contributed by atoms with Crippen molar-refractivity contribution in [2.24, 2.45) is 0 Å². The number of hydrogen-bond acceptors (Lipinski definition) is 8. The first-order valence-electron chi connectivity index (χ1n) is 12.8. The van der Waals surface area contributed by atoms with Crippen molar-refractivity contribution < 1.29 is 22.0 Å². The summed E-state index contributed by atoms with van der Waals surface area (Å²) in [4.78, 5) is 8.80. The second-order valence-corrected chi connectivity index (χ2v) is 10.4. The number of benzene rings is 3. The van der Waals surface area contributed by atoms with Crippen LogP contribution in [0.15, 0.2) is 83.5 Å². The highest BCUT2D eigenvalue weighted by atomic mass is 35.5. The fourth-order valence-electron chi connectivity index (χ4n) is 4.23. The molecule has 8 nitrogen and oxygen atoms in total. The molecule has 0 aliphatic carbocycles. The van der Waals surface area contributed by atoms with E-state index in [9.17, 15) is 12.8 Å². The molecule has 2 aromatic heterocycles. The zero-order valence-corrected chi connectivity index (χ0v) is 23.5. The molecule has 0 aliphatic rings. The van der Waals surface area contributed by atoms with E-state index >= 15 is 0 Å². The van der Waals surface area contributed by atoms with Gasteiger partial charge < -0.3 is 19.8 Å². The number of hydrogen-bond donors (Lipinski definition) is 2. The van der Waals surface area contributed by atoms with Gasteiger partial charge in [0.05, 0.1) is 21.9 Å². The third kappa shape index (κ3) is 7.52. The molecule has 42 heavy (non-hydrogen) atoms. The van der Waals surface area contributed by atoms with Crippen LogP contribution in [0.5, 0.6) is 5.75 Å². The lowest BCUT2D eigenvalue weighted by molar-refractivity contribution is 0.306. The van der Waals surface area contributed by atoms with Gasteiger partial charge >= 0.3 is 0 Å². The number of aromatic nitrogens is 2.